The Balaban J connectivity index is 2.92. The van der Waals surface area contributed by atoms with Gasteiger partial charge in [0, 0.05) is 0 Å². The van der Waals surface area contributed by atoms with E-state index in [-0.39, 0.29) is 0 Å². The van der Waals surface area contributed by atoms with E-state index in [9.17, 15) is 0 Å². The molecule has 0 nitrogen and oxygen atoms in total. The van der Waals surface area contributed by atoms with Gasteiger partial charge in [-0.3, -0.25) is 0 Å². The summed E-state index contributed by atoms with van der Waals surface area (Å²) in [5.74, 6) is 0. The molecule has 0 atom stereocenters. The molecule has 0 radical (unpaired) electrons. The molecule has 0 bridgehead atoms. The number of hydrogen-bond acceptors (Lipinski definition) is 0. The van der Waals surface area contributed by atoms with Gasteiger partial charge in [-0.15, -0.1) is 22.2 Å². The van der Waals surface area contributed by atoms with Crippen LogP contribution in [0.2, 0.25) is 0 Å². The molecule has 0 N–H and O–H groups in total. The first-order chi connectivity index (χ1) is 5.72. The zero-order valence-corrected chi connectivity index (χ0v) is 8.94. The van der Waals surface area contributed by atoms with Crippen LogP contribution in [0.4, 0.5) is 0 Å². The minimum Gasteiger partial charge on any atom is -0.118 e. The van der Waals surface area contributed by atoms with E-state index in [0.29, 0.717) is 0 Å². The van der Waals surface area contributed by atoms with Gasteiger partial charge in [-0.05, 0) is 16.8 Å². The highest BCUT2D eigenvalue weighted by atomic mass is 35.7. The molecule has 0 aromatic heterocycles. The van der Waals surface area contributed by atoms with Crippen molar-refractivity contribution in [2.75, 3.05) is 0 Å². The summed E-state index contributed by atoms with van der Waals surface area (Å²) in [6, 6.07) is 7.92. The van der Waals surface area contributed by atoms with Gasteiger partial charge in [-0.2, -0.15) is 0 Å². The van der Waals surface area contributed by atoms with Gasteiger partial charge in [0.05, 0.1) is 0 Å². The first-order valence-corrected chi connectivity index (χ1v) is 7.07. The van der Waals surface area contributed by atoms with E-state index in [2.05, 4.69) is 6.58 Å². The van der Waals surface area contributed by atoms with Crippen molar-refractivity contribution in [1.82, 2.24) is 0 Å². The van der Waals surface area contributed by atoms with Crippen LogP contribution in [0.25, 0.3) is 6.08 Å². The molecular weight excluding hydrogens is 207 g/mol. The highest BCUT2D eigenvalue weighted by Crippen LogP contribution is 2.03. The van der Waals surface area contributed by atoms with Gasteiger partial charge in [-0.1, -0.05) is 36.9 Å². The topological polar surface area (TPSA) is 0 Å². The lowest BCUT2D eigenvalue weighted by atomic mass is 10.1. The molecule has 0 fully saturated rings. The van der Waals surface area contributed by atoms with Crippen LogP contribution in [0.15, 0.2) is 30.8 Å². The van der Waals surface area contributed by atoms with Crippen LogP contribution >= 0.6 is 22.2 Å². The lowest BCUT2D eigenvalue weighted by molar-refractivity contribution is 1.64. The minimum absolute atomic E-state index is 1.07. The molecule has 0 saturated carbocycles. The Labute approximate surface area is 83.1 Å². The average Bonchev–Trinajstić information content (AvgIpc) is 2.05. The van der Waals surface area contributed by atoms with E-state index < -0.39 is 7.03 Å². The quantitative estimate of drug-likeness (QED) is 0.525. The van der Waals surface area contributed by atoms with Crippen molar-refractivity contribution in [2.45, 2.75) is 0 Å². The van der Waals surface area contributed by atoms with Crippen LogP contribution in [0.3, 0.4) is 0 Å². The third kappa shape index (κ3) is 2.93. The van der Waals surface area contributed by atoms with Crippen molar-refractivity contribution in [1.29, 1.82) is 0 Å². The van der Waals surface area contributed by atoms with Gasteiger partial charge in [0.25, 0.3) is 0 Å². The fraction of sp³-hybridized carbons (Fsp3) is 0. The number of benzene rings is 1. The standard InChI is InChI=1S/C9H8Cl2Si/c1-2-8-3-5-9(6-4-8)7-12(10)11/h2-7H,1H2. The van der Waals surface area contributed by atoms with Crippen molar-refractivity contribution < 1.29 is 0 Å². The Hall–Kier alpha value is -0.373. The Kier molecular flexibility index (Phi) is 3.73. The van der Waals surface area contributed by atoms with Crippen LogP contribution < -0.4 is 0 Å². The third-order valence-corrected chi connectivity index (χ3v) is 2.65. The van der Waals surface area contributed by atoms with Crippen LogP contribution in [0, 0.1) is 0 Å². The van der Waals surface area contributed by atoms with Gasteiger partial charge < -0.3 is 0 Å². The maximum absolute atomic E-state index is 5.68. The number of hydrogen-bond donors (Lipinski definition) is 0. The summed E-state index contributed by atoms with van der Waals surface area (Å²) in [6.45, 7) is 3.67. The molecule has 3 heteroatoms. The SMILES string of the molecule is C=Cc1ccc(C=[Si](Cl)Cl)cc1. The lowest BCUT2D eigenvalue weighted by Crippen LogP contribution is -1.88. The normalized spacial score (nSPS) is 9.17. The zero-order chi connectivity index (χ0) is 8.97. The zero-order valence-electron chi connectivity index (χ0n) is 6.43. The summed E-state index contributed by atoms with van der Waals surface area (Å²) in [7, 11) is -1.31. The molecule has 0 aliphatic carbocycles. The fourth-order valence-corrected chi connectivity index (χ4v) is 2.05. The lowest BCUT2D eigenvalue weighted by Gasteiger charge is -1.94. The van der Waals surface area contributed by atoms with Gasteiger partial charge in [0.15, 0.2) is 0 Å². The van der Waals surface area contributed by atoms with E-state index in [1.165, 1.54) is 0 Å². The molecule has 62 valence electrons. The number of halogens is 2. The first-order valence-electron chi connectivity index (χ1n) is 3.47. The van der Waals surface area contributed by atoms with Crippen LogP contribution in [-0.2, 0) is 0 Å². The van der Waals surface area contributed by atoms with E-state index in [1.807, 2.05) is 29.9 Å². The molecule has 1 aromatic rings. The second-order valence-corrected chi connectivity index (χ2v) is 6.20. The first kappa shape index (κ1) is 9.71. The highest BCUT2D eigenvalue weighted by Gasteiger charge is 1.90. The van der Waals surface area contributed by atoms with Crippen molar-refractivity contribution in [3.63, 3.8) is 0 Å². The predicted molar refractivity (Wildman–Crippen MR) is 59.2 cm³/mol. The van der Waals surface area contributed by atoms with Crippen molar-refractivity contribution >= 4 is 40.9 Å². The maximum Gasteiger partial charge on any atom is 0.233 e. The summed E-state index contributed by atoms with van der Waals surface area (Å²) in [4.78, 5) is 0. The molecule has 12 heavy (non-hydrogen) atoms. The molecule has 0 saturated heterocycles. The van der Waals surface area contributed by atoms with Gasteiger partial charge >= 0.3 is 0 Å². The van der Waals surface area contributed by atoms with Crippen molar-refractivity contribution in [2.24, 2.45) is 0 Å². The minimum atomic E-state index is -1.31. The molecule has 0 unspecified atom stereocenters. The Bertz CT molecular complexity index is 297. The predicted octanol–water partition coefficient (Wildman–Crippen LogP) is 3.03. The smallest absolute Gasteiger partial charge is 0.118 e. The molecular formula is C9H8Cl2Si. The van der Waals surface area contributed by atoms with Gasteiger partial charge in [0.1, 0.15) is 0 Å². The van der Waals surface area contributed by atoms with E-state index in [4.69, 9.17) is 22.2 Å². The van der Waals surface area contributed by atoms with Crippen molar-refractivity contribution in [3.8, 4) is 0 Å². The molecule has 1 aromatic carbocycles. The average molecular weight is 215 g/mol. The van der Waals surface area contributed by atoms with Gasteiger partial charge in [-0.25, -0.2) is 0 Å². The summed E-state index contributed by atoms with van der Waals surface area (Å²) >= 11 is 11.4. The summed E-state index contributed by atoms with van der Waals surface area (Å²) in [6.07, 6.45) is 1.80. The molecule has 0 aliphatic heterocycles. The summed E-state index contributed by atoms with van der Waals surface area (Å²) < 4.78 is 0. The van der Waals surface area contributed by atoms with Crippen LogP contribution in [-0.4, -0.2) is 12.7 Å². The van der Waals surface area contributed by atoms with Crippen LogP contribution in [0.1, 0.15) is 11.1 Å². The second-order valence-electron chi connectivity index (χ2n) is 2.30. The largest absolute Gasteiger partial charge is 0.233 e. The molecule has 0 spiro atoms. The van der Waals surface area contributed by atoms with Crippen LogP contribution in [0.5, 0.6) is 0 Å². The monoisotopic (exact) mass is 214 g/mol. The molecule has 0 aliphatic rings. The van der Waals surface area contributed by atoms with E-state index in [0.717, 1.165) is 11.1 Å². The third-order valence-electron chi connectivity index (χ3n) is 1.45. The fourth-order valence-electron chi connectivity index (χ4n) is 0.854. The Morgan fingerprint density at radius 3 is 2.00 bits per heavy atom. The second kappa shape index (κ2) is 4.60. The van der Waals surface area contributed by atoms with Crippen molar-refractivity contribution in [3.05, 3.63) is 42.0 Å². The molecule has 0 heterocycles. The Morgan fingerprint density at radius 2 is 1.58 bits per heavy atom. The molecule has 1 rings (SSSR count). The maximum atomic E-state index is 5.68. The highest BCUT2D eigenvalue weighted by molar-refractivity contribution is 7.34. The van der Waals surface area contributed by atoms with Gasteiger partial charge in [0.2, 0.25) is 7.03 Å². The summed E-state index contributed by atoms with van der Waals surface area (Å²) in [5, 5.41) is 0. The summed E-state index contributed by atoms with van der Waals surface area (Å²) in [5.41, 5.74) is 4.05. The Morgan fingerprint density at radius 1 is 1.08 bits per heavy atom. The van der Waals surface area contributed by atoms with E-state index in [1.54, 1.807) is 6.08 Å². The van der Waals surface area contributed by atoms with E-state index >= 15 is 0 Å². The number of rotatable bonds is 2. The molecule has 0 amide bonds.